The van der Waals surface area contributed by atoms with Crippen molar-refractivity contribution in [3.8, 4) is 66.8 Å². The molecule has 650 valence electrons. The van der Waals surface area contributed by atoms with Crippen LogP contribution in [0, 0.1) is 13.8 Å². The Morgan fingerprint density at radius 2 is 0.471 bits per heavy atom. The lowest BCUT2D eigenvalue weighted by atomic mass is 9.80. The Labute approximate surface area is 790 Å². The van der Waals surface area contributed by atoms with Gasteiger partial charge in [-0.1, -0.05) is 375 Å². The average Bonchev–Trinajstić information content (AvgIpc) is 1.54. The Bertz CT molecular complexity index is 8840. The summed E-state index contributed by atoms with van der Waals surface area (Å²) in [5, 5.41) is 11.5. The summed E-state index contributed by atoms with van der Waals surface area (Å²) in [4.78, 5) is 7.20. The third kappa shape index (κ3) is 12.8. The van der Waals surface area contributed by atoms with Gasteiger partial charge in [-0.3, -0.25) is 0 Å². The maximum Gasteiger partial charge on any atom is 0.159 e. The molecule has 3 aliphatic carbocycles. The molecule has 4 aromatic heterocycles. The molecule has 136 heavy (non-hydrogen) atoms. The first-order valence-corrected chi connectivity index (χ1v) is 47.2. The van der Waals surface area contributed by atoms with Gasteiger partial charge in [0.15, 0.2) is 16.7 Å². The van der Waals surface area contributed by atoms with E-state index in [0.29, 0.717) is 0 Å². The molecule has 0 spiro atoms. The molecule has 0 amide bonds. The Kier molecular flexibility index (Phi) is 19.0. The maximum absolute atomic E-state index is 7.38. The van der Waals surface area contributed by atoms with Crippen LogP contribution in [-0.2, 0) is 16.2 Å². The zero-order valence-electron chi connectivity index (χ0n) is 77.0. The summed E-state index contributed by atoms with van der Waals surface area (Å²) in [6.07, 6.45) is 0. The predicted octanol–water partition coefficient (Wildman–Crippen LogP) is 36.8. The van der Waals surface area contributed by atoms with Crippen LogP contribution in [0.2, 0.25) is 0 Å². The van der Waals surface area contributed by atoms with Crippen molar-refractivity contribution in [2.24, 2.45) is 0 Å². The Balaban J connectivity index is 0.000000112. The fourth-order valence-corrected chi connectivity index (χ4v) is 22.8. The van der Waals surface area contributed by atoms with Crippen molar-refractivity contribution in [2.45, 2.75) is 71.6 Å². The predicted molar refractivity (Wildman–Crippen MR) is 568 cm³/mol. The van der Waals surface area contributed by atoms with Crippen LogP contribution in [0.1, 0.15) is 86.1 Å². The first-order valence-electron chi connectivity index (χ1n) is 47.2. The van der Waals surface area contributed by atoms with E-state index in [2.05, 4.69) is 489 Å². The van der Waals surface area contributed by atoms with E-state index in [1.807, 2.05) is 12.1 Å². The number of nitrogens with zero attached hydrogens (tertiary/aromatic N) is 3. The van der Waals surface area contributed by atoms with E-state index >= 15 is 0 Å². The van der Waals surface area contributed by atoms with E-state index in [1.165, 1.54) is 88.7 Å². The van der Waals surface area contributed by atoms with Gasteiger partial charge in [0.1, 0.15) is 27.9 Å². The van der Waals surface area contributed by atoms with E-state index in [-0.39, 0.29) is 16.2 Å². The van der Waals surface area contributed by atoms with Crippen LogP contribution in [0.4, 0.5) is 51.2 Å². The van der Waals surface area contributed by atoms with Crippen LogP contribution in [0.3, 0.4) is 0 Å². The van der Waals surface area contributed by atoms with Gasteiger partial charge in [0, 0.05) is 105 Å². The zero-order chi connectivity index (χ0) is 91.4. The van der Waals surface area contributed by atoms with Gasteiger partial charge in [0.05, 0.1) is 17.1 Å². The number of hydrogen-bond acceptors (Lipinski definition) is 7. The Morgan fingerprint density at radius 3 is 0.912 bits per heavy atom. The summed E-state index contributed by atoms with van der Waals surface area (Å²) < 4.78 is 27.6. The molecular weight excluding hydrogens is 1660 g/mol. The lowest BCUT2D eigenvalue weighted by Crippen LogP contribution is -2.21. The van der Waals surface area contributed by atoms with E-state index in [1.54, 1.807) is 0 Å². The molecule has 0 saturated carbocycles. The molecular formula is C129H95N3O4. The molecule has 4 heterocycles. The smallest absolute Gasteiger partial charge is 0.159 e. The molecule has 27 rings (SSSR count). The second-order valence-electron chi connectivity index (χ2n) is 38.1. The molecule has 0 fully saturated rings. The minimum atomic E-state index is -0.309. The molecule has 0 aliphatic heterocycles. The highest BCUT2D eigenvalue weighted by Gasteiger charge is 2.45. The van der Waals surface area contributed by atoms with Gasteiger partial charge in [0.25, 0.3) is 0 Å². The molecule has 0 unspecified atom stereocenters. The van der Waals surface area contributed by atoms with Crippen LogP contribution in [0.25, 0.3) is 165 Å². The molecule has 24 aromatic rings. The fraction of sp³-hybridized carbons (Fsp3) is 0.0853. The highest BCUT2D eigenvalue weighted by Crippen LogP contribution is 2.63. The van der Waals surface area contributed by atoms with E-state index in [9.17, 15) is 0 Å². The van der Waals surface area contributed by atoms with Gasteiger partial charge in [0.2, 0.25) is 0 Å². The van der Waals surface area contributed by atoms with Gasteiger partial charge < -0.3 is 32.4 Å². The maximum atomic E-state index is 7.38. The average molecular weight is 1750 g/mol. The molecule has 20 aromatic carbocycles. The lowest BCUT2D eigenvalue weighted by molar-refractivity contribution is 0.647. The first kappa shape index (κ1) is 81.3. The number of rotatable bonds is 12. The summed E-state index contributed by atoms with van der Waals surface area (Å²) in [5.41, 5.74) is 41.2. The molecule has 3 aliphatic rings. The largest absolute Gasteiger partial charge is 0.455 e. The topological polar surface area (TPSA) is 62.3 Å². The quantitative estimate of drug-likeness (QED) is 0.121. The number of fused-ring (bicyclic) bond motifs is 22. The van der Waals surface area contributed by atoms with Crippen molar-refractivity contribution >= 4 is 150 Å². The normalized spacial score (nSPS) is 13.3. The SMILES string of the molecule is CC1(C)c2ccccc2-c2cc3c(oc4c(-c5cccc6ccccc56)cccc43)c(N(c3ccccc3)c3ccc(-c4cccc5c4oc4ccccc45)cc3)c21.Cc1cccc2c1oc1c(N(c3ccccc3)c3ccc(-c4ccccc4)cc3)c3c(cc12)-c1ccccc1C3(C)C.Cc1cccc2c1oc1c(N(c3ccccc3)c3ccccc3)c3c(cc12)-c1ccccc1C3(C)C. The van der Waals surface area contributed by atoms with Crippen LogP contribution < -0.4 is 14.7 Å². The van der Waals surface area contributed by atoms with Crippen LogP contribution in [0.5, 0.6) is 0 Å². The molecule has 0 radical (unpaired) electrons. The summed E-state index contributed by atoms with van der Waals surface area (Å²) in [5.74, 6) is 0. The summed E-state index contributed by atoms with van der Waals surface area (Å²) in [6.45, 7) is 18.4. The number of para-hydroxylation sites is 9. The minimum Gasteiger partial charge on any atom is -0.455 e. The van der Waals surface area contributed by atoms with Gasteiger partial charge in [-0.15, -0.1) is 0 Å². The Hall–Kier alpha value is -16.7. The van der Waals surface area contributed by atoms with Crippen LogP contribution in [-0.4, -0.2) is 0 Å². The van der Waals surface area contributed by atoms with Gasteiger partial charge in [-0.2, -0.15) is 0 Å². The van der Waals surface area contributed by atoms with Gasteiger partial charge in [-0.25, -0.2) is 0 Å². The molecule has 7 heteroatoms. The monoisotopic (exact) mass is 1750 g/mol. The summed E-state index contributed by atoms with van der Waals surface area (Å²) in [6, 6.07) is 154. The summed E-state index contributed by atoms with van der Waals surface area (Å²) >= 11 is 0. The zero-order valence-corrected chi connectivity index (χ0v) is 77.0. The third-order valence-electron chi connectivity index (χ3n) is 29.1. The van der Waals surface area contributed by atoms with E-state index in [0.717, 1.165) is 172 Å². The van der Waals surface area contributed by atoms with Crippen molar-refractivity contribution in [1.82, 2.24) is 0 Å². The second-order valence-corrected chi connectivity index (χ2v) is 38.1. The first-order chi connectivity index (χ1) is 66.6. The Morgan fingerprint density at radius 1 is 0.184 bits per heavy atom. The molecule has 7 nitrogen and oxygen atoms in total. The van der Waals surface area contributed by atoms with Gasteiger partial charge in [-0.05, 0) is 222 Å². The van der Waals surface area contributed by atoms with Gasteiger partial charge >= 0.3 is 0 Å². The van der Waals surface area contributed by atoms with Crippen LogP contribution in [0.15, 0.2) is 448 Å². The number of hydrogen-bond donors (Lipinski definition) is 0. The molecule has 0 N–H and O–H groups in total. The number of anilines is 9. The number of aryl methyl sites for hydroxylation is 2. The third-order valence-corrected chi connectivity index (χ3v) is 29.1. The molecule has 0 bridgehead atoms. The minimum absolute atomic E-state index is 0.189. The van der Waals surface area contributed by atoms with E-state index in [4.69, 9.17) is 17.7 Å². The molecule has 0 atom stereocenters. The highest BCUT2D eigenvalue weighted by atomic mass is 16.3. The van der Waals surface area contributed by atoms with Crippen molar-refractivity contribution in [2.75, 3.05) is 14.7 Å². The highest BCUT2D eigenvalue weighted by molar-refractivity contribution is 6.21. The lowest BCUT2D eigenvalue weighted by Gasteiger charge is -2.32. The van der Waals surface area contributed by atoms with Crippen molar-refractivity contribution in [3.05, 3.63) is 475 Å². The summed E-state index contributed by atoms with van der Waals surface area (Å²) in [7, 11) is 0. The number of benzene rings is 20. The fourth-order valence-electron chi connectivity index (χ4n) is 22.8. The number of furan rings is 4. The van der Waals surface area contributed by atoms with Crippen molar-refractivity contribution < 1.29 is 17.7 Å². The van der Waals surface area contributed by atoms with Crippen molar-refractivity contribution in [3.63, 3.8) is 0 Å². The molecule has 0 saturated heterocycles. The standard InChI is InChI=1S/C55H37NO2.C40H31NO.C34H27NO/c1-55(2)48-27-10-8-20-41(48)46-33-47-45-26-14-24-43(40-23-12-16-34-15-6-7-19-38(34)40)53(45)58-54(47)51(50(46)55)56(36-17-4-3-5-18-36)37-31-29-35(30-32-37)39-22-13-25-44-42-21-9-11-28-49(42)57-52(39)44;1-26-13-12-19-32-34-25-33-31-18-10-11-20-35(31)40(2,3)36(33)37(39(34)42-38(26)32)41(29-16-8-5-9-17-29)30-23-21-28(22-24-30)27-14-6-4-7-15-27;1-22-13-12-19-26-28-21-27-25-18-10-11-20-29(25)34(2,3)30(27)31(33(28)36-32(22)26)35(23-14-6-4-7-15-23)24-16-8-5-9-17-24/h3-33H,1-2H3;4-25H,1-3H3;4-21H,1-3H3. The van der Waals surface area contributed by atoms with Crippen molar-refractivity contribution in [1.29, 1.82) is 0 Å². The van der Waals surface area contributed by atoms with Crippen LogP contribution >= 0.6 is 0 Å². The second kappa shape index (κ2) is 31.8. The van der Waals surface area contributed by atoms with E-state index < -0.39 is 0 Å².